The lowest BCUT2D eigenvalue weighted by Crippen LogP contribution is -2.63. The van der Waals surface area contributed by atoms with Crippen molar-refractivity contribution in [3.63, 3.8) is 0 Å². The zero-order valence-corrected chi connectivity index (χ0v) is 37.5. The highest BCUT2D eigenvalue weighted by Gasteiger charge is 2.52. The monoisotopic (exact) mass is 1030 g/mol. The summed E-state index contributed by atoms with van der Waals surface area (Å²) in [5.41, 5.74) is -0.940. The van der Waals surface area contributed by atoms with Crippen molar-refractivity contribution < 1.29 is 149 Å². The molecule has 0 aliphatic carbocycles. The second-order valence-corrected chi connectivity index (χ2v) is 18.8. The van der Waals surface area contributed by atoms with Crippen LogP contribution in [0.5, 0.6) is 0 Å². The zero-order valence-electron chi connectivity index (χ0n) is 36.7. The third-order valence-corrected chi connectivity index (χ3v) is 13.7. The largest absolute Gasteiger partial charge is 0.394 e. The topological polar surface area (TPSA) is 486 Å². The van der Waals surface area contributed by atoms with Crippen LogP contribution in [0.1, 0.15) is 6.92 Å². The van der Waals surface area contributed by atoms with Crippen LogP contribution in [0.4, 0.5) is 0 Å². The maximum absolute atomic E-state index is 10.8. The van der Waals surface area contributed by atoms with Gasteiger partial charge in [0.25, 0.3) is 0 Å². The smallest absolute Gasteiger partial charge is 0.186 e. The van der Waals surface area contributed by atoms with Crippen molar-refractivity contribution in [2.45, 2.75) is 190 Å². The van der Waals surface area contributed by atoms with Gasteiger partial charge < -0.3 is 149 Å². The normalized spacial score (nSPS) is 52.2. The van der Waals surface area contributed by atoms with E-state index in [4.69, 9.17) is 52.1 Å². The standard InChI is InChI=1S/C38H66O30S/c1-2-69-38-32(57)26(51)20(45)14(68-38)8-62-37-31(56)25(50)19(44)13(67-37)7-61-36-30(55)24(49)18(43)12(66-36)6-60-35-29(54)23(48)17(42)11(65-35)5-59-34-28(53)22(47)16(41)10(64-34)4-58-33-27(52)21(46)15(40)9(3-39)63-33/h9-57H,2-8H2,1H3/t9-,10-,11-,12-,13-,14-,15-,16-,17-,18-,19-,20-,21+,22+,23+,24+,25+,26+,27-,28-,29-,30-,31-,32-,33-,34-,35-,36-,37-,38?/m1/s1. The van der Waals surface area contributed by atoms with Gasteiger partial charge in [-0.15, -0.1) is 11.8 Å². The lowest BCUT2D eigenvalue weighted by atomic mass is 9.97. The number of ether oxygens (including phenoxy) is 11. The molecule has 6 saturated heterocycles. The summed E-state index contributed by atoms with van der Waals surface area (Å²) in [7, 11) is 0. The third-order valence-electron chi connectivity index (χ3n) is 12.6. The molecule has 0 amide bonds. The fraction of sp³-hybridized carbons (Fsp3) is 1.00. The highest BCUT2D eigenvalue weighted by Crippen LogP contribution is 2.33. The Hall–Kier alpha value is -0.850. The van der Waals surface area contributed by atoms with Gasteiger partial charge in [0.2, 0.25) is 0 Å². The molecule has 0 radical (unpaired) electrons. The van der Waals surface area contributed by atoms with Crippen LogP contribution in [0.15, 0.2) is 0 Å². The van der Waals surface area contributed by atoms with Crippen molar-refractivity contribution in [1.82, 2.24) is 0 Å². The summed E-state index contributed by atoms with van der Waals surface area (Å²) in [6.07, 6.45) is -50.7. The molecule has 30 nitrogen and oxygen atoms in total. The summed E-state index contributed by atoms with van der Waals surface area (Å²) in [5, 5.41) is 199. The van der Waals surface area contributed by atoms with E-state index in [9.17, 15) is 97.0 Å². The fourth-order valence-corrected chi connectivity index (χ4v) is 9.19. The SMILES string of the molecule is CCSC1O[C@H](CO[C@@H]2O[C@H](CO[C@@H]3O[C@H](CO[C@@H]4O[C@H](CO[C@@H]5O[C@H](CO[C@@H]6O[C@H](CO)[C@@H](O)[C@H](O)[C@H]6O)[C@@H](O)[C@H](O)[C@H]5O)[C@@H](O)[C@H](O)[C@H]4O)[C@@H](O)[C@H](O)[C@H]3O)[C@@H](O)[C@H](O)[C@H]2O)[C@@H](O)[C@H](O)[C@H]1O. The minimum absolute atomic E-state index is 0.484. The highest BCUT2D eigenvalue weighted by atomic mass is 32.2. The van der Waals surface area contributed by atoms with Gasteiger partial charge in [0.1, 0.15) is 152 Å². The first-order valence-electron chi connectivity index (χ1n) is 22.1. The van der Waals surface area contributed by atoms with E-state index in [1.54, 1.807) is 6.92 Å². The van der Waals surface area contributed by atoms with Crippen molar-refractivity contribution in [2.75, 3.05) is 45.4 Å². The second kappa shape index (κ2) is 25.1. The predicted octanol–water partition coefficient (Wildman–Crippen LogP) is -12.3. The first-order valence-corrected chi connectivity index (χ1v) is 23.1. The van der Waals surface area contributed by atoms with Crippen molar-refractivity contribution in [3.05, 3.63) is 0 Å². The van der Waals surface area contributed by atoms with E-state index in [1.807, 2.05) is 0 Å². The number of aliphatic hydroxyl groups excluding tert-OH is 19. The van der Waals surface area contributed by atoms with Crippen molar-refractivity contribution >= 4 is 11.8 Å². The number of rotatable bonds is 18. The van der Waals surface area contributed by atoms with Crippen LogP contribution >= 0.6 is 11.8 Å². The second-order valence-electron chi connectivity index (χ2n) is 17.4. The first kappa shape index (κ1) is 57.4. The van der Waals surface area contributed by atoms with Crippen LogP contribution in [0.25, 0.3) is 0 Å². The average Bonchev–Trinajstić information content (AvgIpc) is 3.33. The number of aliphatic hydroxyl groups is 19. The quantitative estimate of drug-likeness (QED) is 0.0606. The molecule has 0 saturated carbocycles. The number of hydrogen-bond acceptors (Lipinski definition) is 31. The Kier molecular flexibility index (Phi) is 20.9. The van der Waals surface area contributed by atoms with Crippen molar-refractivity contribution in [3.8, 4) is 0 Å². The Bertz CT molecular complexity index is 1550. The first-order chi connectivity index (χ1) is 32.6. The molecule has 69 heavy (non-hydrogen) atoms. The molecule has 6 aliphatic rings. The molecular formula is C38H66O30S. The molecule has 0 spiro atoms. The molecule has 0 aromatic rings. The van der Waals surface area contributed by atoms with Crippen LogP contribution in [0.3, 0.4) is 0 Å². The van der Waals surface area contributed by atoms with Crippen LogP contribution in [-0.4, -0.2) is 326 Å². The van der Waals surface area contributed by atoms with Gasteiger partial charge in [0.05, 0.1) is 39.6 Å². The van der Waals surface area contributed by atoms with Gasteiger partial charge in [-0.3, -0.25) is 0 Å². The Morgan fingerprint density at radius 2 is 0.507 bits per heavy atom. The summed E-state index contributed by atoms with van der Waals surface area (Å²) >= 11 is 1.14. The zero-order chi connectivity index (χ0) is 50.8. The van der Waals surface area contributed by atoms with Gasteiger partial charge in [-0.2, -0.15) is 0 Å². The Balaban J connectivity index is 1.01. The summed E-state index contributed by atoms with van der Waals surface area (Å²) < 4.78 is 60.9. The van der Waals surface area contributed by atoms with Crippen LogP contribution in [-0.2, 0) is 52.1 Å². The molecule has 6 fully saturated rings. The van der Waals surface area contributed by atoms with E-state index in [0.29, 0.717) is 5.75 Å². The maximum atomic E-state index is 10.8. The molecule has 31 heteroatoms. The molecule has 0 aromatic carbocycles. The summed E-state index contributed by atoms with van der Waals surface area (Å²) in [6, 6.07) is 0. The van der Waals surface area contributed by atoms with E-state index >= 15 is 0 Å². The molecule has 0 bridgehead atoms. The van der Waals surface area contributed by atoms with Gasteiger partial charge in [0, 0.05) is 0 Å². The number of hydrogen-bond donors (Lipinski definition) is 19. The van der Waals surface area contributed by atoms with E-state index < -0.39 is 223 Å². The van der Waals surface area contributed by atoms with Gasteiger partial charge >= 0.3 is 0 Å². The summed E-state index contributed by atoms with van der Waals surface area (Å²) in [6.45, 7) is -2.51. The lowest BCUT2D eigenvalue weighted by molar-refractivity contribution is -0.351. The van der Waals surface area contributed by atoms with E-state index in [-0.39, 0.29) is 0 Å². The molecule has 30 atom stereocenters. The van der Waals surface area contributed by atoms with Crippen molar-refractivity contribution in [2.24, 2.45) is 0 Å². The Morgan fingerprint density at radius 3 is 0.754 bits per heavy atom. The summed E-state index contributed by atoms with van der Waals surface area (Å²) in [5.74, 6) is 0.484. The highest BCUT2D eigenvalue weighted by molar-refractivity contribution is 7.99. The third kappa shape index (κ3) is 12.8. The minimum atomic E-state index is -2.00. The van der Waals surface area contributed by atoms with Crippen LogP contribution < -0.4 is 0 Å². The number of thioether (sulfide) groups is 1. The maximum Gasteiger partial charge on any atom is 0.186 e. The van der Waals surface area contributed by atoms with E-state index in [2.05, 4.69) is 0 Å². The predicted molar refractivity (Wildman–Crippen MR) is 215 cm³/mol. The molecular weight excluding hydrogens is 968 g/mol. The van der Waals surface area contributed by atoms with Gasteiger partial charge in [-0.1, -0.05) is 6.92 Å². The van der Waals surface area contributed by atoms with Crippen molar-refractivity contribution in [1.29, 1.82) is 0 Å². The van der Waals surface area contributed by atoms with Gasteiger partial charge in [-0.05, 0) is 5.75 Å². The van der Waals surface area contributed by atoms with Gasteiger partial charge in [0.15, 0.2) is 31.5 Å². The van der Waals surface area contributed by atoms with Gasteiger partial charge in [-0.25, -0.2) is 0 Å². The molecule has 404 valence electrons. The Morgan fingerprint density at radius 1 is 0.290 bits per heavy atom. The summed E-state index contributed by atoms with van der Waals surface area (Å²) in [4.78, 5) is 0. The molecule has 6 aliphatic heterocycles. The van der Waals surface area contributed by atoms with Crippen LogP contribution in [0, 0.1) is 0 Å². The lowest BCUT2D eigenvalue weighted by Gasteiger charge is -2.45. The fourth-order valence-electron chi connectivity index (χ4n) is 8.28. The Labute approximate surface area is 396 Å². The molecule has 6 heterocycles. The molecule has 19 N–H and O–H groups in total. The molecule has 6 rings (SSSR count). The van der Waals surface area contributed by atoms with E-state index in [1.165, 1.54) is 0 Å². The minimum Gasteiger partial charge on any atom is -0.394 e. The molecule has 1 unspecified atom stereocenters. The van der Waals surface area contributed by atoms with E-state index in [0.717, 1.165) is 11.8 Å². The average molecular weight is 1030 g/mol. The molecule has 0 aromatic heterocycles. The van der Waals surface area contributed by atoms with Crippen LogP contribution in [0.2, 0.25) is 0 Å².